The zero-order valence-electron chi connectivity index (χ0n) is 16.1. The SMILES string of the molecule is CC(=O)Oc1cc(C(C)(C)c2cc(Cl)c(C(C)C)cc2C#N)ccc1C. The molecule has 0 atom stereocenters. The largest absolute Gasteiger partial charge is 0.426 e. The Morgan fingerprint density at radius 2 is 1.88 bits per heavy atom. The topological polar surface area (TPSA) is 50.1 Å². The van der Waals surface area contributed by atoms with Crippen molar-refractivity contribution in [3.05, 3.63) is 63.2 Å². The van der Waals surface area contributed by atoms with E-state index >= 15 is 0 Å². The Kier molecular flexibility index (Phi) is 5.78. The number of halogens is 1. The fourth-order valence-electron chi connectivity index (χ4n) is 3.05. The highest BCUT2D eigenvalue weighted by atomic mass is 35.5. The summed E-state index contributed by atoms with van der Waals surface area (Å²) in [6.07, 6.45) is 0. The average molecular weight is 370 g/mol. The molecule has 0 aliphatic rings. The number of carbonyl (C=O) groups excluding carboxylic acids is 1. The molecule has 0 aromatic heterocycles. The number of aryl methyl sites for hydroxylation is 1. The number of benzene rings is 2. The molecular weight excluding hydrogens is 346 g/mol. The molecular formula is C22H24ClNO2. The number of nitriles is 1. The maximum absolute atomic E-state index is 11.4. The molecule has 0 heterocycles. The molecule has 2 rings (SSSR count). The van der Waals surface area contributed by atoms with E-state index in [4.69, 9.17) is 16.3 Å². The van der Waals surface area contributed by atoms with E-state index < -0.39 is 5.41 Å². The third-order valence-electron chi connectivity index (χ3n) is 4.72. The molecule has 0 fully saturated rings. The quantitative estimate of drug-likeness (QED) is 0.498. The van der Waals surface area contributed by atoms with E-state index in [0.717, 1.165) is 22.3 Å². The summed E-state index contributed by atoms with van der Waals surface area (Å²) in [4.78, 5) is 11.4. The molecule has 2 aromatic carbocycles. The third-order valence-corrected chi connectivity index (χ3v) is 5.04. The molecule has 0 bridgehead atoms. The molecule has 0 unspecified atom stereocenters. The van der Waals surface area contributed by atoms with Gasteiger partial charge in [-0.25, -0.2) is 0 Å². The van der Waals surface area contributed by atoms with Gasteiger partial charge in [-0.05, 0) is 53.3 Å². The van der Waals surface area contributed by atoms with Gasteiger partial charge in [0.05, 0.1) is 11.6 Å². The van der Waals surface area contributed by atoms with E-state index in [9.17, 15) is 10.1 Å². The van der Waals surface area contributed by atoms with Gasteiger partial charge >= 0.3 is 5.97 Å². The van der Waals surface area contributed by atoms with Crippen molar-refractivity contribution < 1.29 is 9.53 Å². The van der Waals surface area contributed by atoms with Gasteiger partial charge in [-0.1, -0.05) is 51.4 Å². The van der Waals surface area contributed by atoms with Gasteiger partial charge in [0.25, 0.3) is 0 Å². The van der Waals surface area contributed by atoms with Crippen molar-refractivity contribution >= 4 is 17.6 Å². The smallest absolute Gasteiger partial charge is 0.308 e. The number of carbonyl (C=O) groups is 1. The van der Waals surface area contributed by atoms with Gasteiger partial charge in [0.2, 0.25) is 0 Å². The fraction of sp³-hybridized carbons (Fsp3) is 0.364. The molecule has 0 saturated carbocycles. The van der Waals surface area contributed by atoms with E-state index in [2.05, 4.69) is 19.9 Å². The lowest BCUT2D eigenvalue weighted by atomic mass is 9.75. The van der Waals surface area contributed by atoms with Crippen LogP contribution in [0.1, 0.15) is 68.4 Å². The van der Waals surface area contributed by atoms with Crippen molar-refractivity contribution in [2.24, 2.45) is 0 Å². The van der Waals surface area contributed by atoms with Gasteiger partial charge in [-0.3, -0.25) is 4.79 Å². The normalized spacial score (nSPS) is 11.3. The zero-order valence-corrected chi connectivity index (χ0v) is 16.9. The number of ether oxygens (including phenoxy) is 1. The summed E-state index contributed by atoms with van der Waals surface area (Å²) in [5.41, 5.74) is 3.78. The van der Waals surface area contributed by atoms with Crippen molar-refractivity contribution in [2.45, 2.75) is 52.9 Å². The van der Waals surface area contributed by atoms with Gasteiger partial charge in [0, 0.05) is 17.4 Å². The van der Waals surface area contributed by atoms with Crippen LogP contribution in [0.4, 0.5) is 0 Å². The summed E-state index contributed by atoms with van der Waals surface area (Å²) in [6, 6.07) is 11.9. The molecule has 2 aromatic rings. The monoisotopic (exact) mass is 369 g/mol. The molecule has 4 heteroatoms. The Balaban J connectivity index is 2.62. The Hall–Kier alpha value is -2.31. The predicted molar refractivity (Wildman–Crippen MR) is 105 cm³/mol. The first kappa shape index (κ1) is 20.0. The van der Waals surface area contributed by atoms with Crippen LogP contribution in [0.2, 0.25) is 5.02 Å². The van der Waals surface area contributed by atoms with Crippen LogP contribution in [0, 0.1) is 18.3 Å². The molecule has 0 aliphatic heterocycles. The average Bonchev–Trinajstić information content (AvgIpc) is 2.55. The summed E-state index contributed by atoms with van der Waals surface area (Å²) in [7, 11) is 0. The van der Waals surface area contributed by atoms with Crippen LogP contribution in [0.5, 0.6) is 5.75 Å². The van der Waals surface area contributed by atoms with Crippen LogP contribution in [0.25, 0.3) is 0 Å². The first-order valence-electron chi connectivity index (χ1n) is 8.61. The number of hydrogen-bond donors (Lipinski definition) is 0. The Bertz CT molecular complexity index is 892. The predicted octanol–water partition coefficient (Wildman–Crippen LogP) is 5.89. The van der Waals surface area contributed by atoms with Crippen LogP contribution in [-0.2, 0) is 10.2 Å². The van der Waals surface area contributed by atoms with Crippen molar-refractivity contribution in [1.29, 1.82) is 5.26 Å². The highest BCUT2D eigenvalue weighted by Crippen LogP contribution is 2.39. The first-order valence-corrected chi connectivity index (χ1v) is 8.99. The second-order valence-electron chi connectivity index (χ2n) is 7.38. The molecule has 0 radical (unpaired) electrons. The summed E-state index contributed by atoms with van der Waals surface area (Å²) in [6.45, 7) is 11.5. The Labute approximate surface area is 160 Å². The van der Waals surface area contributed by atoms with E-state index in [-0.39, 0.29) is 11.9 Å². The zero-order chi connectivity index (χ0) is 19.6. The maximum Gasteiger partial charge on any atom is 0.308 e. The van der Waals surface area contributed by atoms with Gasteiger partial charge in [-0.2, -0.15) is 5.26 Å². The molecule has 26 heavy (non-hydrogen) atoms. The first-order chi connectivity index (χ1) is 12.1. The molecule has 0 amide bonds. The molecule has 0 saturated heterocycles. The molecule has 0 spiro atoms. The number of esters is 1. The van der Waals surface area contributed by atoms with Crippen LogP contribution >= 0.6 is 11.6 Å². The van der Waals surface area contributed by atoms with E-state index in [1.54, 1.807) is 0 Å². The fourth-order valence-corrected chi connectivity index (χ4v) is 3.43. The van der Waals surface area contributed by atoms with Crippen LogP contribution in [0.3, 0.4) is 0 Å². The molecule has 3 nitrogen and oxygen atoms in total. The summed E-state index contributed by atoms with van der Waals surface area (Å²) >= 11 is 6.49. The van der Waals surface area contributed by atoms with E-state index in [1.165, 1.54) is 6.92 Å². The van der Waals surface area contributed by atoms with Gasteiger partial charge in [0.15, 0.2) is 0 Å². The highest BCUT2D eigenvalue weighted by molar-refractivity contribution is 6.31. The van der Waals surface area contributed by atoms with Crippen LogP contribution in [-0.4, -0.2) is 5.97 Å². The summed E-state index contributed by atoms with van der Waals surface area (Å²) in [5, 5.41) is 10.3. The molecule has 0 N–H and O–H groups in total. The van der Waals surface area contributed by atoms with Gasteiger partial charge in [0.1, 0.15) is 5.75 Å². The lowest BCUT2D eigenvalue weighted by Gasteiger charge is -2.29. The lowest BCUT2D eigenvalue weighted by Crippen LogP contribution is -2.21. The number of nitrogens with zero attached hydrogens (tertiary/aromatic N) is 1. The standard InChI is InChI=1S/C22H24ClNO2/c1-13(2)18-9-16(12-24)19(11-20(18)23)22(5,6)17-8-7-14(3)21(10-17)26-15(4)25/h7-11,13H,1-6H3. The number of rotatable bonds is 4. The second-order valence-corrected chi connectivity index (χ2v) is 7.79. The number of hydrogen-bond acceptors (Lipinski definition) is 3. The Morgan fingerprint density at radius 3 is 2.42 bits per heavy atom. The Morgan fingerprint density at radius 1 is 1.23 bits per heavy atom. The van der Waals surface area contributed by atoms with E-state index in [0.29, 0.717) is 16.3 Å². The van der Waals surface area contributed by atoms with Crippen molar-refractivity contribution in [2.75, 3.05) is 0 Å². The molecule has 0 aliphatic carbocycles. The maximum atomic E-state index is 11.4. The van der Waals surface area contributed by atoms with Crippen molar-refractivity contribution in [3.8, 4) is 11.8 Å². The third kappa shape index (κ3) is 3.92. The highest BCUT2D eigenvalue weighted by Gasteiger charge is 2.28. The van der Waals surface area contributed by atoms with Crippen molar-refractivity contribution in [3.63, 3.8) is 0 Å². The van der Waals surface area contributed by atoms with Crippen LogP contribution in [0.15, 0.2) is 30.3 Å². The minimum Gasteiger partial charge on any atom is -0.426 e. The van der Waals surface area contributed by atoms with Crippen LogP contribution < -0.4 is 4.74 Å². The summed E-state index contributed by atoms with van der Waals surface area (Å²) in [5.74, 6) is 0.415. The van der Waals surface area contributed by atoms with Gasteiger partial charge in [-0.15, -0.1) is 0 Å². The second kappa shape index (κ2) is 7.51. The lowest BCUT2D eigenvalue weighted by molar-refractivity contribution is -0.131. The minimum absolute atomic E-state index is 0.238. The van der Waals surface area contributed by atoms with Crippen molar-refractivity contribution in [1.82, 2.24) is 0 Å². The summed E-state index contributed by atoms with van der Waals surface area (Å²) < 4.78 is 5.32. The van der Waals surface area contributed by atoms with Gasteiger partial charge < -0.3 is 4.74 Å². The molecule has 136 valence electrons. The minimum atomic E-state index is -0.479. The van der Waals surface area contributed by atoms with E-state index in [1.807, 2.05) is 51.1 Å².